The fraction of sp³-hybridized carbons (Fsp3) is 0.160. The summed E-state index contributed by atoms with van der Waals surface area (Å²) >= 11 is 0. The summed E-state index contributed by atoms with van der Waals surface area (Å²) in [6, 6.07) is 22.7. The number of benzene rings is 3. The van der Waals surface area contributed by atoms with Gasteiger partial charge in [-0.15, -0.1) is 5.10 Å². The summed E-state index contributed by atoms with van der Waals surface area (Å²) in [6.45, 7) is 3.99. The van der Waals surface area contributed by atoms with Gasteiger partial charge in [0.25, 0.3) is 0 Å². The molecule has 0 unspecified atom stereocenters. The van der Waals surface area contributed by atoms with Crippen molar-refractivity contribution < 1.29 is 4.79 Å². The highest BCUT2D eigenvalue weighted by Crippen LogP contribution is 2.37. The first-order valence-electron chi connectivity index (χ1n) is 10.1. The fourth-order valence-corrected chi connectivity index (χ4v) is 4.04. The number of hydrogen-bond acceptors (Lipinski definition) is 3. The van der Waals surface area contributed by atoms with Gasteiger partial charge < -0.3 is 5.32 Å². The van der Waals surface area contributed by atoms with Crippen molar-refractivity contribution in [2.75, 3.05) is 5.32 Å². The Morgan fingerprint density at radius 3 is 2.57 bits per heavy atom. The topological polar surface area (TPSA) is 59.8 Å². The highest BCUT2D eigenvalue weighted by Gasteiger charge is 2.19. The third kappa shape index (κ3) is 3.28. The van der Waals surface area contributed by atoms with E-state index >= 15 is 0 Å². The van der Waals surface area contributed by atoms with E-state index in [-0.39, 0.29) is 12.3 Å². The number of hydrogen-bond donors (Lipinski definition) is 1. The van der Waals surface area contributed by atoms with Gasteiger partial charge in [0.15, 0.2) is 0 Å². The van der Waals surface area contributed by atoms with Gasteiger partial charge in [-0.25, -0.2) is 4.68 Å². The highest BCUT2D eigenvalue weighted by atomic mass is 16.1. The number of carbonyl (C=O) groups is 1. The number of carbonyl (C=O) groups excluding carboxylic acids is 1. The second kappa shape index (κ2) is 7.26. The summed E-state index contributed by atoms with van der Waals surface area (Å²) in [6.07, 6.45) is 1.09. The van der Waals surface area contributed by atoms with Crippen LogP contribution in [0.3, 0.4) is 0 Å². The van der Waals surface area contributed by atoms with Gasteiger partial charge in [0.1, 0.15) is 0 Å². The molecule has 1 aliphatic carbocycles. The van der Waals surface area contributed by atoms with E-state index in [1.807, 2.05) is 44.2 Å². The Morgan fingerprint density at radius 1 is 0.967 bits per heavy atom. The summed E-state index contributed by atoms with van der Waals surface area (Å²) in [5, 5.41) is 11.5. The molecule has 0 saturated heterocycles. The fourth-order valence-electron chi connectivity index (χ4n) is 4.04. The molecule has 0 fully saturated rings. The Labute approximate surface area is 175 Å². The molecule has 3 aromatic carbocycles. The van der Waals surface area contributed by atoms with Crippen molar-refractivity contribution in [2.24, 2.45) is 0 Å². The molecule has 5 heteroatoms. The first-order chi connectivity index (χ1) is 14.6. The summed E-state index contributed by atoms with van der Waals surface area (Å²) < 4.78 is 1.77. The number of fused-ring (bicyclic) bond motifs is 3. The lowest BCUT2D eigenvalue weighted by molar-refractivity contribution is -0.115. The Morgan fingerprint density at radius 2 is 1.73 bits per heavy atom. The van der Waals surface area contributed by atoms with E-state index in [0.29, 0.717) is 5.69 Å². The van der Waals surface area contributed by atoms with Crippen LogP contribution in [0, 0.1) is 13.8 Å². The monoisotopic (exact) mass is 394 g/mol. The second-order valence-corrected chi connectivity index (χ2v) is 7.80. The molecule has 1 heterocycles. The molecule has 148 valence electrons. The largest absolute Gasteiger partial charge is 0.326 e. The third-order valence-corrected chi connectivity index (χ3v) is 5.67. The molecule has 1 aromatic heterocycles. The molecular formula is C25H22N4O. The summed E-state index contributed by atoms with van der Waals surface area (Å²) in [5.41, 5.74) is 9.61. The number of aryl methyl sites for hydroxylation is 1. The lowest BCUT2D eigenvalue weighted by atomic mass is 10.1. The molecule has 1 N–H and O–H groups in total. The maximum absolute atomic E-state index is 12.7. The van der Waals surface area contributed by atoms with E-state index in [1.54, 1.807) is 4.68 Å². The van der Waals surface area contributed by atoms with Crippen LogP contribution in [0.25, 0.3) is 16.8 Å². The number of nitrogens with one attached hydrogen (secondary N) is 1. The number of nitrogens with zero attached hydrogens (tertiary/aromatic N) is 3. The zero-order chi connectivity index (χ0) is 20.7. The number of rotatable bonds is 4. The van der Waals surface area contributed by atoms with Gasteiger partial charge in [-0.3, -0.25) is 4.79 Å². The van der Waals surface area contributed by atoms with Crippen LogP contribution in [0.4, 0.5) is 5.69 Å². The smallest absolute Gasteiger partial charge is 0.230 e. The van der Waals surface area contributed by atoms with Crippen LogP contribution in [0.1, 0.15) is 28.1 Å². The van der Waals surface area contributed by atoms with Gasteiger partial charge in [0.05, 0.1) is 23.5 Å². The molecule has 0 atom stereocenters. The molecule has 1 aliphatic rings. The van der Waals surface area contributed by atoms with Gasteiger partial charge in [0, 0.05) is 5.69 Å². The normalized spacial score (nSPS) is 11.8. The second-order valence-electron chi connectivity index (χ2n) is 7.80. The third-order valence-electron chi connectivity index (χ3n) is 5.67. The van der Waals surface area contributed by atoms with Gasteiger partial charge in [-0.1, -0.05) is 53.2 Å². The molecule has 1 amide bonds. The van der Waals surface area contributed by atoms with Crippen LogP contribution in [0.2, 0.25) is 0 Å². The highest BCUT2D eigenvalue weighted by molar-refractivity contribution is 5.93. The van der Waals surface area contributed by atoms with Crippen molar-refractivity contribution in [3.63, 3.8) is 0 Å². The van der Waals surface area contributed by atoms with Crippen LogP contribution in [-0.2, 0) is 17.6 Å². The Bertz CT molecular complexity index is 1250. The van der Waals surface area contributed by atoms with E-state index in [1.165, 1.54) is 27.8 Å². The minimum atomic E-state index is -0.0930. The zero-order valence-electron chi connectivity index (χ0n) is 17.0. The van der Waals surface area contributed by atoms with E-state index in [4.69, 9.17) is 0 Å². The molecular weight excluding hydrogens is 372 g/mol. The number of aromatic nitrogens is 3. The minimum Gasteiger partial charge on any atom is -0.326 e. The molecule has 0 bridgehead atoms. The van der Waals surface area contributed by atoms with Crippen molar-refractivity contribution >= 4 is 11.6 Å². The van der Waals surface area contributed by atoms with Crippen LogP contribution in [0.5, 0.6) is 0 Å². The molecule has 5 nitrogen and oxygen atoms in total. The Balaban J connectivity index is 1.30. The van der Waals surface area contributed by atoms with Crippen molar-refractivity contribution in [3.8, 4) is 16.8 Å². The maximum atomic E-state index is 12.7. The van der Waals surface area contributed by atoms with Crippen LogP contribution < -0.4 is 5.32 Å². The Hall–Kier alpha value is -3.73. The standard InChI is InChI=1S/C25H22N4O/c1-16-7-10-21(11-8-16)29-17(2)24(27-28-29)15-25(30)26-20-9-12-23-19(14-20)13-18-5-3-4-6-22(18)23/h3-12,14H,13,15H2,1-2H3,(H,26,30). The van der Waals surface area contributed by atoms with Gasteiger partial charge in [0.2, 0.25) is 5.91 Å². The SMILES string of the molecule is Cc1ccc(-n2nnc(CC(=O)Nc3ccc4c(c3)Cc3ccccc3-4)c2C)cc1. The average molecular weight is 394 g/mol. The van der Waals surface area contributed by atoms with Gasteiger partial charge >= 0.3 is 0 Å². The van der Waals surface area contributed by atoms with Crippen LogP contribution >= 0.6 is 0 Å². The average Bonchev–Trinajstić information content (AvgIpc) is 3.29. The van der Waals surface area contributed by atoms with Gasteiger partial charge in [-0.2, -0.15) is 0 Å². The van der Waals surface area contributed by atoms with E-state index in [0.717, 1.165) is 23.5 Å². The van der Waals surface area contributed by atoms with E-state index < -0.39 is 0 Å². The minimum absolute atomic E-state index is 0.0930. The molecule has 0 radical (unpaired) electrons. The van der Waals surface area contributed by atoms with E-state index in [9.17, 15) is 4.79 Å². The van der Waals surface area contributed by atoms with Crippen molar-refractivity contribution in [1.29, 1.82) is 0 Å². The molecule has 0 saturated carbocycles. The predicted octanol–water partition coefficient (Wildman–Crippen LogP) is 4.64. The summed E-state index contributed by atoms with van der Waals surface area (Å²) in [7, 11) is 0. The first kappa shape index (κ1) is 18.3. The molecule has 0 spiro atoms. The maximum Gasteiger partial charge on any atom is 0.230 e. The van der Waals surface area contributed by atoms with Crippen LogP contribution in [-0.4, -0.2) is 20.9 Å². The number of anilines is 1. The molecule has 5 rings (SSSR count). The van der Waals surface area contributed by atoms with Crippen LogP contribution in [0.15, 0.2) is 66.7 Å². The molecule has 4 aromatic rings. The first-order valence-corrected chi connectivity index (χ1v) is 10.1. The summed E-state index contributed by atoms with van der Waals surface area (Å²) in [4.78, 5) is 12.7. The lowest BCUT2D eigenvalue weighted by Gasteiger charge is -2.08. The molecule has 30 heavy (non-hydrogen) atoms. The summed E-state index contributed by atoms with van der Waals surface area (Å²) in [5.74, 6) is -0.0930. The quantitative estimate of drug-likeness (QED) is 0.483. The predicted molar refractivity (Wildman–Crippen MR) is 118 cm³/mol. The van der Waals surface area contributed by atoms with Gasteiger partial charge in [-0.05, 0) is 66.8 Å². The zero-order valence-corrected chi connectivity index (χ0v) is 17.0. The van der Waals surface area contributed by atoms with Crippen molar-refractivity contribution in [1.82, 2.24) is 15.0 Å². The van der Waals surface area contributed by atoms with E-state index in [2.05, 4.69) is 52.0 Å². The Kier molecular flexibility index (Phi) is 4.43. The molecule has 0 aliphatic heterocycles. The number of amides is 1. The van der Waals surface area contributed by atoms with Crippen molar-refractivity contribution in [2.45, 2.75) is 26.7 Å². The van der Waals surface area contributed by atoms with Crippen molar-refractivity contribution in [3.05, 3.63) is 94.8 Å². The lowest BCUT2D eigenvalue weighted by Crippen LogP contribution is -2.15.